The van der Waals surface area contributed by atoms with Gasteiger partial charge in [0.1, 0.15) is 5.78 Å². The minimum Gasteiger partial charge on any atom is -0.748 e. The molecule has 2 rings (SSSR count). The number of hydrogen-bond donors (Lipinski definition) is 0. The van der Waals surface area contributed by atoms with E-state index in [2.05, 4.69) is 13.8 Å². The van der Waals surface area contributed by atoms with Gasteiger partial charge in [-0.1, -0.05) is 180 Å². The number of ketones is 2. The molecule has 0 bridgehead atoms. The molecule has 0 saturated heterocycles. The Morgan fingerprint density at radius 2 is 0.800 bits per heavy atom. The number of unbranched alkanes of at least 4 members (excludes halogenated alkanes) is 24. The predicted octanol–water partition coefficient (Wildman–Crippen LogP) is 14.1. The van der Waals surface area contributed by atoms with Gasteiger partial charge in [-0.05, 0) is 12.8 Å². The standard InChI is InChI=1S/C37H65O2.C5H5.Fe/c1-3-5-7-9-11-13-15-17-19-21-23-25-27-32-36(38)34-30-29-31-35(34)37(39)33-28-26-24-22-20-18-16-14-12-10-8-6-4-2;1-2-4-5-3-1;/h29-31H,3-28,32-33H2,1-2H3;1-5H;/q-1;-5;. The molecule has 0 N–H and O–H groups in total. The van der Waals surface area contributed by atoms with Crippen molar-refractivity contribution in [2.24, 2.45) is 0 Å². The van der Waals surface area contributed by atoms with Crippen LogP contribution in [0, 0.1) is 0 Å². The third-order valence-corrected chi connectivity index (χ3v) is 8.99. The number of Topliss-reactive ketones (excluding diaryl/α,β-unsaturated/α-hetero) is 2. The van der Waals surface area contributed by atoms with Gasteiger partial charge in [-0.3, -0.25) is 0 Å². The van der Waals surface area contributed by atoms with Crippen LogP contribution in [-0.2, 0) is 17.1 Å². The summed E-state index contributed by atoms with van der Waals surface area (Å²) in [5.41, 5.74) is 1.35. The van der Waals surface area contributed by atoms with Crippen molar-refractivity contribution < 1.29 is 26.7 Å². The molecule has 0 spiro atoms. The summed E-state index contributed by atoms with van der Waals surface area (Å²) in [6.45, 7) is 4.55. The minimum atomic E-state index is 0. The quantitative estimate of drug-likeness (QED) is 0.0361. The molecule has 0 aliphatic carbocycles. The van der Waals surface area contributed by atoms with Gasteiger partial charge >= 0.3 is 0 Å². The average Bonchev–Trinajstić information content (AvgIpc) is 3.78. The Morgan fingerprint density at radius 3 is 1.16 bits per heavy atom. The van der Waals surface area contributed by atoms with Crippen molar-refractivity contribution in [2.75, 3.05) is 0 Å². The molecule has 2 aromatic carbocycles. The van der Waals surface area contributed by atoms with E-state index in [9.17, 15) is 9.59 Å². The zero-order chi connectivity index (χ0) is 31.8. The summed E-state index contributed by atoms with van der Waals surface area (Å²) >= 11 is 0. The summed E-state index contributed by atoms with van der Waals surface area (Å²) in [7, 11) is 0. The summed E-state index contributed by atoms with van der Waals surface area (Å²) in [5.74, 6) is 0.327. The van der Waals surface area contributed by atoms with Crippen LogP contribution >= 0.6 is 0 Å². The van der Waals surface area contributed by atoms with E-state index in [4.69, 9.17) is 0 Å². The number of rotatable bonds is 30. The molecule has 0 saturated carbocycles. The van der Waals surface area contributed by atoms with E-state index in [-0.39, 0.29) is 28.6 Å². The van der Waals surface area contributed by atoms with E-state index in [0.29, 0.717) is 24.0 Å². The number of carbonyl (C=O) groups is 2. The molecule has 2 aromatic rings. The predicted molar refractivity (Wildman–Crippen MR) is 193 cm³/mol. The van der Waals surface area contributed by atoms with Crippen LogP contribution in [0.15, 0.2) is 48.5 Å². The van der Waals surface area contributed by atoms with Crippen molar-refractivity contribution in [3.8, 4) is 0 Å². The Hall–Kier alpha value is -1.44. The molecule has 0 atom stereocenters. The summed E-state index contributed by atoms with van der Waals surface area (Å²) < 4.78 is 0. The monoisotopic (exact) mass is 662 g/mol. The van der Waals surface area contributed by atoms with E-state index in [0.717, 1.165) is 25.7 Å². The van der Waals surface area contributed by atoms with Gasteiger partial charge in [0.2, 0.25) is 0 Å². The maximum atomic E-state index is 12.8. The molecule has 0 heterocycles. The largest absolute Gasteiger partial charge is 0.748 e. The van der Waals surface area contributed by atoms with Crippen molar-refractivity contribution >= 4 is 11.6 Å². The summed E-state index contributed by atoms with van der Waals surface area (Å²) in [4.78, 5) is 25.5. The zero-order valence-electron chi connectivity index (χ0n) is 29.6. The van der Waals surface area contributed by atoms with Crippen molar-refractivity contribution in [1.82, 2.24) is 0 Å². The van der Waals surface area contributed by atoms with Crippen molar-refractivity contribution in [3.63, 3.8) is 0 Å². The molecule has 0 radical (unpaired) electrons. The van der Waals surface area contributed by atoms with Crippen molar-refractivity contribution in [2.45, 2.75) is 194 Å². The first-order valence-corrected chi connectivity index (χ1v) is 19.2. The van der Waals surface area contributed by atoms with Gasteiger partial charge in [0.25, 0.3) is 0 Å². The van der Waals surface area contributed by atoms with E-state index >= 15 is 0 Å². The van der Waals surface area contributed by atoms with E-state index in [1.165, 1.54) is 141 Å². The smallest absolute Gasteiger partial charge is 0.122 e. The van der Waals surface area contributed by atoms with Crippen LogP contribution in [0.4, 0.5) is 0 Å². The van der Waals surface area contributed by atoms with Crippen molar-refractivity contribution in [3.05, 3.63) is 59.7 Å². The van der Waals surface area contributed by atoms with Crippen LogP contribution in [-0.4, -0.2) is 11.6 Å². The van der Waals surface area contributed by atoms with E-state index in [1.54, 1.807) is 0 Å². The number of hydrogen-bond acceptors (Lipinski definition) is 2. The Labute approximate surface area is 290 Å². The van der Waals surface area contributed by atoms with Gasteiger partial charge in [0.05, 0.1) is 5.78 Å². The molecule has 45 heavy (non-hydrogen) atoms. The molecule has 2 nitrogen and oxygen atoms in total. The van der Waals surface area contributed by atoms with E-state index in [1.807, 2.05) is 48.5 Å². The van der Waals surface area contributed by atoms with Gasteiger partial charge in [0.15, 0.2) is 0 Å². The second-order valence-electron chi connectivity index (χ2n) is 13.1. The topological polar surface area (TPSA) is 34.1 Å². The van der Waals surface area contributed by atoms with Gasteiger partial charge in [-0.2, -0.15) is 12.1 Å². The second kappa shape index (κ2) is 33.9. The Balaban J connectivity index is 0.00000291. The molecule has 0 aliphatic rings. The Morgan fingerprint density at radius 1 is 0.489 bits per heavy atom. The first-order valence-electron chi connectivity index (χ1n) is 19.2. The summed E-state index contributed by atoms with van der Waals surface area (Å²) in [5, 5.41) is 0. The fraction of sp³-hybridized carbons (Fsp3) is 0.714. The number of carbonyl (C=O) groups excluding carboxylic acids is 2. The van der Waals surface area contributed by atoms with Gasteiger partial charge in [-0.25, -0.2) is 0 Å². The van der Waals surface area contributed by atoms with Crippen molar-refractivity contribution in [1.29, 1.82) is 0 Å². The third kappa shape index (κ3) is 26.3. The van der Waals surface area contributed by atoms with E-state index < -0.39 is 0 Å². The van der Waals surface area contributed by atoms with Gasteiger partial charge in [-0.15, -0.1) is 11.6 Å². The SMILES string of the molecule is CCCCCCCCCCCCCCCC(=O)c1ccc[c-]1C(=O)CCCCCCCCCCCCCCC.[Fe].[cH-]1[cH-][cH-][cH-][cH-]1. The first kappa shape index (κ1) is 43.6. The maximum Gasteiger partial charge on any atom is 0.122 e. The Kier molecular flexibility index (Phi) is 32.8. The Bertz CT molecular complexity index is 791. The maximum absolute atomic E-state index is 12.8. The average molecular weight is 663 g/mol. The van der Waals surface area contributed by atoms with Gasteiger partial charge in [0, 0.05) is 23.5 Å². The van der Waals surface area contributed by atoms with Crippen LogP contribution in [0.2, 0.25) is 0 Å². The molecule has 0 unspecified atom stereocenters. The van der Waals surface area contributed by atoms with Crippen LogP contribution in [0.1, 0.15) is 214 Å². The summed E-state index contributed by atoms with van der Waals surface area (Å²) in [6, 6.07) is 15.6. The van der Waals surface area contributed by atoms with Crippen LogP contribution in [0.25, 0.3) is 0 Å². The zero-order valence-corrected chi connectivity index (χ0v) is 30.7. The fourth-order valence-corrected chi connectivity index (χ4v) is 6.10. The molecule has 0 fully saturated rings. The summed E-state index contributed by atoms with van der Waals surface area (Å²) in [6.07, 6.45) is 35.3. The molecular formula is C42H70FeO2-6. The second-order valence-corrected chi connectivity index (χ2v) is 13.1. The fourth-order valence-electron chi connectivity index (χ4n) is 6.10. The molecule has 0 aliphatic heterocycles. The van der Waals surface area contributed by atoms with Crippen LogP contribution < -0.4 is 0 Å². The minimum absolute atomic E-state index is 0. The third-order valence-electron chi connectivity index (χ3n) is 8.99. The normalized spacial score (nSPS) is 10.7. The molecule has 0 amide bonds. The van der Waals surface area contributed by atoms with Crippen LogP contribution in [0.3, 0.4) is 0 Å². The molecule has 264 valence electrons. The molecule has 0 aromatic heterocycles. The first-order chi connectivity index (χ1) is 21.7. The molecular weight excluding hydrogens is 592 g/mol. The van der Waals surface area contributed by atoms with Crippen LogP contribution in [0.5, 0.6) is 0 Å². The van der Waals surface area contributed by atoms with Gasteiger partial charge < -0.3 is 39.9 Å². The molecule has 3 heteroatoms.